The highest BCUT2D eigenvalue weighted by atomic mass is 16.2. The molecule has 0 aliphatic carbocycles. The number of nitrogens with one attached hydrogen (secondary N) is 1. The van der Waals surface area contributed by atoms with Crippen molar-refractivity contribution in [1.29, 1.82) is 5.26 Å². The van der Waals surface area contributed by atoms with E-state index in [9.17, 15) is 14.9 Å². The van der Waals surface area contributed by atoms with Gasteiger partial charge in [0.15, 0.2) is 0 Å². The minimum atomic E-state index is -0.299. The van der Waals surface area contributed by atoms with Crippen molar-refractivity contribution in [2.24, 2.45) is 0 Å². The average Bonchev–Trinajstić information content (AvgIpc) is 2.61. The predicted octanol–water partition coefficient (Wildman–Crippen LogP) is 3.42. The van der Waals surface area contributed by atoms with E-state index in [0.29, 0.717) is 11.3 Å². The Morgan fingerprint density at radius 3 is 2.52 bits per heavy atom. The molecule has 2 aromatic carbocycles. The number of anilines is 2. The number of amides is 2. The van der Waals surface area contributed by atoms with Crippen LogP contribution in [0.4, 0.5) is 11.4 Å². The van der Waals surface area contributed by atoms with Gasteiger partial charge in [-0.05, 0) is 36.6 Å². The van der Waals surface area contributed by atoms with Crippen LogP contribution in [0.15, 0.2) is 42.5 Å². The lowest BCUT2D eigenvalue weighted by Crippen LogP contribution is -2.37. The second-order valence-corrected chi connectivity index (χ2v) is 5.74. The van der Waals surface area contributed by atoms with Crippen LogP contribution >= 0.6 is 0 Å². The Balaban J connectivity index is 2.26. The van der Waals surface area contributed by atoms with Gasteiger partial charge in [-0.1, -0.05) is 37.3 Å². The Morgan fingerprint density at radius 1 is 1.16 bits per heavy atom. The number of carbonyl (C=O) groups is 2. The summed E-state index contributed by atoms with van der Waals surface area (Å²) in [4.78, 5) is 25.9. The molecule has 1 N–H and O–H groups in total. The van der Waals surface area contributed by atoms with E-state index in [1.54, 1.807) is 24.3 Å². The second-order valence-electron chi connectivity index (χ2n) is 5.74. The maximum atomic E-state index is 12.5. The molecule has 0 aromatic heterocycles. The summed E-state index contributed by atoms with van der Waals surface area (Å²) >= 11 is 0. The number of hydrogen-bond donors (Lipinski definition) is 1. The Bertz CT molecular complexity index is 837. The summed E-state index contributed by atoms with van der Waals surface area (Å²) in [6.45, 7) is 5.19. The van der Waals surface area contributed by atoms with Crippen LogP contribution in [0.2, 0.25) is 0 Å². The van der Waals surface area contributed by atoms with Crippen LogP contribution in [0.25, 0.3) is 0 Å². The number of benzene rings is 2. The highest BCUT2D eigenvalue weighted by Crippen LogP contribution is 2.22. The number of nitriles is 1. The van der Waals surface area contributed by atoms with E-state index in [4.69, 9.17) is 0 Å². The molecule has 0 spiro atoms. The molecule has 0 unspecified atom stereocenters. The Labute approximate surface area is 147 Å². The number of aryl methyl sites for hydroxylation is 2. The van der Waals surface area contributed by atoms with Gasteiger partial charge in [0.1, 0.15) is 12.6 Å². The van der Waals surface area contributed by atoms with Crippen molar-refractivity contribution in [3.8, 4) is 6.07 Å². The van der Waals surface area contributed by atoms with E-state index in [2.05, 4.69) is 11.4 Å². The molecule has 25 heavy (non-hydrogen) atoms. The van der Waals surface area contributed by atoms with Gasteiger partial charge in [0.25, 0.3) is 0 Å². The van der Waals surface area contributed by atoms with Gasteiger partial charge in [-0.3, -0.25) is 9.59 Å². The van der Waals surface area contributed by atoms with Crippen molar-refractivity contribution in [3.05, 3.63) is 59.2 Å². The molecule has 0 aliphatic rings. The minimum Gasteiger partial charge on any atom is -0.324 e. The number of carbonyl (C=O) groups excluding carboxylic acids is 2. The summed E-state index contributed by atoms with van der Waals surface area (Å²) in [5, 5.41) is 12.1. The molecule has 2 amide bonds. The van der Waals surface area contributed by atoms with Crippen LogP contribution in [0, 0.1) is 18.3 Å². The zero-order valence-corrected chi connectivity index (χ0v) is 14.7. The fraction of sp³-hybridized carbons (Fsp3) is 0.250. The van der Waals surface area contributed by atoms with Crippen LogP contribution in [0.1, 0.15) is 30.5 Å². The first-order valence-electron chi connectivity index (χ1n) is 8.13. The van der Waals surface area contributed by atoms with Crippen LogP contribution in [-0.4, -0.2) is 18.4 Å². The lowest BCUT2D eigenvalue weighted by Gasteiger charge is -2.22. The molecule has 0 heterocycles. The Hall–Kier alpha value is -3.13. The second kappa shape index (κ2) is 8.11. The van der Waals surface area contributed by atoms with Crippen molar-refractivity contribution >= 4 is 23.2 Å². The molecule has 0 radical (unpaired) electrons. The highest BCUT2D eigenvalue weighted by molar-refractivity contribution is 6.03. The summed E-state index contributed by atoms with van der Waals surface area (Å²) in [6.07, 6.45) is 0.797. The van der Waals surface area contributed by atoms with Gasteiger partial charge in [0, 0.05) is 12.6 Å². The Kier molecular flexibility index (Phi) is 5.91. The topological polar surface area (TPSA) is 73.2 Å². The summed E-state index contributed by atoms with van der Waals surface area (Å²) in [5.74, 6) is -0.592. The quantitative estimate of drug-likeness (QED) is 0.910. The molecule has 2 aromatic rings. The van der Waals surface area contributed by atoms with Gasteiger partial charge in [-0.25, -0.2) is 0 Å². The standard InChI is InChI=1S/C20H21N3O2/c1-4-16-10-7-8-14(2)20(16)22-19(25)13-23(15(3)24)18-11-6-5-9-17(18)12-21/h5-11H,4,13H2,1-3H3,(H,22,25). The highest BCUT2D eigenvalue weighted by Gasteiger charge is 2.19. The van der Waals surface area contributed by atoms with E-state index in [1.807, 2.05) is 32.0 Å². The lowest BCUT2D eigenvalue weighted by molar-refractivity contribution is -0.120. The monoisotopic (exact) mass is 335 g/mol. The molecular weight excluding hydrogens is 314 g/mol. The predicted molar refractivity (Wildman–Crippen MR) is 98.4 cm³/mol. The first kappa shape index (κ1) is 18.2. The third-order valence-electron chi connectivity index (χ3n) is 4.00. The van der Waals surface area contributed by atoms with Crippen LogP contribution in [0.3, 0.4) is 0 Å². The van der Waals surface area contributed by atoms with Crippen LogP contribution in [0.5, 0.6) is 0 Å². The number of rotatable bonds is 5. The third-order valence-corrected chi connectivity index (χ3v) is 4.00. The van der Waals surface area contributed by atoms with E-state index in [0.717, 1.165) is 23.2 Å². The van der Waals surface area contributed by atoms with Gasteiger partial charge in [-0.2, -0.15) is 5.26 Å². The normalized spacial score (nSPS) is 10.0. The molecule has 0 bridgehead atoms. The molecule has 128 valence electrons. The average molecular weight is 335 g/mol. The van der Waals surface area contributed by atoms with Gasteiger partial charge < -0.3 is 10.2 Å². The van der Waals surface area contributed by atoms with E-state index in [-0.39, 0.29) is 18.4 Å². The molecule has 0 aliphatic heterocycles. The zero-order chi connectivity index (χ0) is 18.4. The van der Waals surface area contributed by atoms with Gasteiger partial charge in [0.2, 0.25) is 11.8 Å². The molecule has 0 saturated heterocycles. The Morgan fingerprint density at radius 2 is 1.88 bits per heavy atom. The van der Waals surface area contributed by atoms with E-state index in [1.165, 1.54) is 11.8 Å². The van der Waals surface area contributed by atoms with Crippen LogP contribution < -0.4 is 10.2 Å². The van der Waals surface area contributed by atoms with Crippen molar-refractivity contribution < 1.29 is 9.59 Å². The van der Waals surface area contributed by atoms with E-state index >= 15 is 0 Å². The molecule has 5 heteroatoms. The van der Waals surface area contributed by atoms with Crippen LogP contribution in [-0.2, 0) is 16.0 Å². The molecule has 0 saturated carbocycles. The van der Waals surface area contributed by atoms with Gasteiger partial charge in [0.05, 0.1) is 11.3 Å². The fourth-order valence-corrected chi connectivity index (χ4v) is 2.69. The maximum absolute atomic E-state index is 12.5. The molecule has 0 atom stereocenters. The van der Waals surface area contributed by atoms with Crippen molar-refractivity contribution in [3.63, 3.8) is 0 Å². The van der Waals surface area contributed by atoms with Gasteiger partial charge in [-0.15, -0.1) is 0 Å². The minimum absolute atomic E-state index is 0.147. The van der Waals surface area contributed by atoms with Crippen molar-refractivity contribution in [2.45, 2.75) is 27.2 Å². The summed E-state index contributed by atoms with van der Waals surface area (Å²) in [6, 6.07) is 14.7. The van der Waals surface area contributed by atoms with Crippen molar-refractivity contribution in [2.75, 3.05) is 16.8 Å². The zero-order valence-electron chi connectivity index (χ0n) is 14.7. The fourth-order valence-electron chi connectivity index (χ4n) is 2.69. The van der Waals surface area contributed by atoms with Crippen molar-refractivity contribution in [1.82, 2.24) is 0 Å². The molecule has 5 nitrogen and oxygen atoms in total. The maximum Gasteiger partial charge on any atom is 0.244 e. The van der Waals surface area contributed by atoms with E-state index < -0.39 is 0 Å². The first-order valence-corrected chi connectivity index (χ1v) is 8.13. The molecule has 0 fully saturated rings. The summed E-state index contributed by atoms with van der Waals surface area (Å²) < 4.78 is 0. The smallest absolute Gasteiger partial charge is 0.244 e. The summed E-state index contributed by atoms with van der Waals surface area (Å²) in [5.41, 5.74) is 3.59. The lowest BCUT2D eigenvalue weighted by atomic mass is 10.1. The third kappa shape index (κ3) is 4.24. The SMILES string of the molecule is CCc1cccc(C)c1NC(=O)CN(C(C)=O)c1ccccc1C#N. The molecule has 2 rings (SSSR count). The number of nitrogens with zero attached hydrogens (tertiary/aromatic N) is 2. The van der Waals surface area contributed by atoms with Gasteiger partial charge >= 0.3 is 0 Å². The number of para-hydroxylation sites is 2. The largest absolute Gasteiger partial charge is 0.324 e. The summed E-state index contributed by atoms with van der Waals surface area (Å²) in [7, 11) is 0. The molecular formula is C20H21N3O2. The number of hydrogen-bond acceptors (Lipinski definition) is 3. The first-order chi connectivity index (χ1) is 12.0.